The maximum Gasteiger partial charge on any atom is 0.388 e. The molecule has 0 spiro atoms. The summed E-state index contributed by atoms with van der Waals surface area (Å²) < 4.78 is 70.3. The average Bonchev–Trinajstić information content (AvgIpc) is 2.63. The summed E-state index contributed by atoms with van der Waals surface area (Å²) in [6.45, 7) is 24.5. The van der Waals surface area contributed by atoms with Crippen molar-refractivity contribution in [2.45, 2.75) is 82.9 Å². The Morgan fingerprint density at radius 3 is 1.76 bits per heavy atom. The first-order valence-corrected chi connectivity index (χ1v) is 17.7. The molecule has 0 aromatic rings. The number of alkyl halides is 4. The Balaban J connectivity index is 0. The molecule has 0 heterocycles. The summed E-state index contributed by atoms with van der Waals surface area (Å²) in [5, 5.41) is 0. The fraction of sp³-hybridized carbons (Fsp3) is 0.667. The van der Waals surface area contributed by atoms with Gasteiger partial charge in [0, 0.05) is 25.5 Å². The van der Waals surface area contributed by atoms with E-state index in [4.69, 9.17) is 9.16 Å². The lowest BCUT2D eigenvalue weighted by atomic mass is 9.90. The summed E-state index contributed by atoms with van der Waals surface area (Å²) >= 11 is 0. The molecule has 0 aliphatic carbocycles. The topological polar surface area (TPSA) is 27.7 Å². The van der Waals surface area contributed by atoms with Crippen molar-refractivity contribution in [3.8, 4) is 0 Å². The molecule has 3 nitrogen and oxygen atoms in total. The zero-order valence-corrected chi connectivity index (χ0v) is 23.5. The van der Waals surface area contributed by atoms with Crippen LogP contribution >= 0.6 is 0 Å². The van der Waals surface area contributed by atoms with Gasteiger partial charge in [-0.2, -0.15) is 8.78 Å². The van der Waals surface area contributed by atoms with Crippen LogP contribution in [0.4, 0.5) is 17.6 Å². The summed E-state index contributed by atoms with van der Waals surface area (Å²) in [5.41, 5.74) is -1.75. The van der Waals surface area contributed by atoms with Gasteiger partial charge in [-0.15, -0.1) is 19.7 Å². The molecule has 33 heavy (non-hydrogen) atoms. The van der Waals surface area contributed by atoms with E-state index in [1.807, 2.05) is 32.7 Å². The third-order valence-electron chi connectivity index (χ3n) is 4.20. The quantitative estimate of drug-likeness (QED) is 0.0872. The Morgan fingerprint density at radius 2 is 1.42 bits per heavy atom. The van der Waals surface area contributed by atoms with Crippen LogP contribution in [0.25, 0.3) is 0 Å². The van der Waals surface area contributed by atoms with E-state index in [0.29, 0.717) is 0 Å². The van der Waals surface area contributed by atoms with Gasteiger partial charge in [-0.3, -0.25) is 4.39 Å². The van der Waals surface area contributed by atoms with Crippen LogP contribution in [0.2, 0.25) is 32.7 Å². The van der Waals surface area contributed by atoms with Crippen molar-refractivity contribution in [1.82, 2.24) is 0 Å². The van der Waals surface area contributed by atoms with Gasteiger partial charge in [0.25, 0.3) is 0 Å². The van der Waals surface area contributed by atoms with Crippen molar-refractivity contribution in [2.75, 3.05) is 19.5 Å². The fourth-order valence-corrected chi connectivity index (χ4v) is 4.72. The maximum absolute atomic E-state index is 14.4. The van der Waals surface area contributed by atoms with Gasteiger partial charge in [-0.1, -0.05) is 37.9 Å². The molecule has 0 bridgehead atoms. The molecular formula is C24H44F4O3Si2. The summed E-state index contributed by atoms with van der Waals surface area (Å²) in [5.74, 6) is -1.59. The monoisotopic (exact) mass is 512 g/mol. The van der Waals surface area contributed by atoms with Gasteiger partial charge < -0.3 is 13.9 Å². The number of halogens is 4. The molecule has 0 amide bonds. The molecule has 0 fully saturated rings. The average molecular weight is 513 g/mol. The van der Waals surface area contributed by atoms with E-state index in [1.54, 1.807) is 12.2 Å². The minimum absolute atomic E-state index is 0.0745. The van der Waals surface area contributed by atoms with Gasteiger partial charge >= 0.3 is 6.11 Å². The van der Waals surface area contributed by atoms with Crippen LogP contribution in [0.1, 0.15) is 32.6 Å². The van der Waals surface area contributed by atoms with Crippen molar-refractivity contribution < 1.29 is 31.5 Å². The summed E-state index contributed by atoms with van der Waals surface area (Å²) in [7, 11) is -3.03. The molecule has 0 aliphatic rings. The van der Waals surface area contributed by atoms with Gasteiger partial charge in [0.2, 0.25) is 5.85 Å². The zero-order chi connectivity index (χ0) is 26.3. The van der Waals surface area contributed by atoms with E-state index in [0.717, 1.165) is 0 Å². The van der Waals surface area contributed by atoms with Crippen molar-refractivity contribution in [1.29, 1.82) is 0 Å². The van der Waals surface area contributed by atoms with Gasteiger partial charge in [0.15, 0.2) is 13.9 Å². The second kappa shape index (κ2) is 15.8. The van der Waals surface area contributed by atoms with Crippen LogP contribution in [0.3, 0.4) is 0 Å². The summed E-state index contributed by atoms with van der Waals surface area (Å²) in [4.78, 5) is 0. The predicted molar refractivity (Wildman–Crippen MR) is 137 cm³/mol. The largest absolute Gasteiger partial charge is 0.388 e. The lowest BCUT2D eigenvalue weighted by molar-refractivity contribution is -0.325. The highest BCUT2D eigenvalue weighted by Crippen LogP contribution is 2.41. The molecule has 1 unspecified atom stereocenters. The standard InChI is InChI=1S/C14H25F3O2Si.C10H19FOSi/c1-6-8-13(12(2)3,19-11-20(4)5)14(16,17)18-10-7-9-15;1-6-8-10(11,9-7-2)12-13(3,4)5/h6,20H,1-2,7-11H2,3-5H3;6-7H,1-2,8-9H2,3-5H3. The first-order valence-electron chi connectivity index (χ1n) is 11.2. The summed E-state index contributed by atoms with van der Waals surface area (Å²) in [6, 6.07) is 0. The lowest BCUT2D eigenvalue weighted by Crippen LogP contribution is -2.53. The molecule has 0 aromatic carbocycles. The molecule has 0 N–H and O–H groups in total. The second-order valence-corrected chi connectivity index (χ2v) is 16.8. The van der Waals surface area contributed by atoms with Gasteiger partial charge in [-0.05, 0) is 38.6 Å². The Labute approximate surface area is 201 Å². The van der Waals surface area contributed by atoms with Crippen molar-refractivity contribution in [2.24, 2.45) is 0 Å². The molecule has 0 rings (SSSR count). The Hall–Kier alpha value is -1.01. The predicted octanol–water partition coefficient (Wildman–Crippen LogP) is 7.54. The van der Waals surface area contributed by atoms with Crippen molar-refractivity contribution in [3.05, 3.63) is 50.1 Å². The molecule has 194 valence electrons. The molecule has 0 radical (unpaired) electrons. The molecule has 0 aromatic heterocycles. The second-order valence-electron chi connectivity index (χ2n) is 9.30. The smallest absolute Gasteiger partial charge is 0.387 e. The third-order valence-corrected chi connectivity index (χ3v) is 6.01. The van der Waals surface area contributed by atoms with Crippen LogP contribution in [0.5, 0.6) is 0 Å². The number of hydrogen-bond acceptors (Lipinski definition) is 3. The number of hydrogen-bond donors (Lipinski definition) is 0. The van der Waals surface area contributed by atoms with E-state index in [2.05, 4.69) is 31.1 Å². The highest BCUT2D eigenvalue weighted by Gasteiger charge is 2.56. The van der Waals surface area contributed by atoms with Gasteiger partial charge in [-0.25, -0.2) is 4.39 Å². The highest BCUT2D eigenvalue weighted by atomic mass is 28.4. The first kappa shape index (κ1) is 34.2. The van der Waals surface area contributed by atoms with E-state index in [1.165, 1.54) is 13.0 Å². The molecule has 9 heteroatoms. The van der Waals surface area contributed by atoms with Crippen molar-refractivity contribution >= 4 is 17.1 Å². The lowest BCUT2D eigenvalue weighted by Gasteiger charge is -2.40. The zero-order valence-electron chi connectivity index (χ0n) is 21.3. The van der Waals surface area contributed by atoms with Crippen LogP contribution in [-0.4, -0.2) is 54.2 Å². The van der Waals surface area contributed by atoms with E-state index in [-0.39, 0.29) is 44.1 Å². The SMILES string of the molecule is C=CCC(F)(CC=C)O[Si](C)(C)C.C=CCC(OC[SiH](C)C)(C(=C)C)C(F)(F)OCCCF. The first-order chi connectivity index (χ1) is 15.1. The Kier molecular flexibility index (Phi) is 16.4. The molecule has 0 saturated carbocycles. The summed E-state index contributed by atoms with van der Waals surface area (Å²) in [6.07, 6.45) is 1.44. The minimum Gasteiger partial charge on any atom is -0.387 e. The van der Waals surface area contributed by atoms with Crippen LogP contribution < -0.4 is 0 Å². The van der Waals surface area contributed by atoms with Crippen LogP contribution in [0.15, 0.2) is 50.1 Å². The van der Waals surface area contributed by atoms with Crippen LogP contribution in [0, 0.1) is 0 Å². The van der Waals surface area contributed by atoms with E-state index >= 15 is 0 Å². The Bertz CT molecular complexity index is 597. The van der Waals surface area contributed by atoms with E-state index < -0.39 is 41.4 Å². The molecular weight excluding hydrogens is 468 g/mol. The van der Waals surface area contributed by atoms with Gasteiger partial charge in [0.1, 0.15) is 0 Å². The third kappa shape index (κ3) is 13.5. The van der Waals surface area contributed by atoms with Crippen molar-refractivity contribution in [3.63, 3.8) is 0 Å². The number of rotatable bonds is 17. The Morgan fingerprint density at radius 1 is 0.939 bits per heavy atom. The number of ether oxygens (including phenoxy) is 2. The van der Waals surface area contributed by atoms with Crippen LogP contribution in [-0.2, 0) is 13.9 Å². The molecule has 0 saturated heterocycles. The fourth-order valence-electron chi connectivity index (χ4n) is 2.84. The molecule has 0 aliphatic heterocycles. The maximum atomic E-state index is 14.4. The van der Waals surface area contributed by atoms with E-state index in [9.17, 15) is 17.6 Å². The van der Waals surface area contributed by atoms with Gasteiger partial charge in [0.05, 0.1) is 22.1 Å². The minimum atomic E-state index is -3.56. The normalized spacial score (nSPS) is 14.2. The molecule has 1 atom stereocenters. The highest BCUT2D eigenvalue weighted by molar-refractivity contribution is 6.69.